The number of carbonyl (C=O) groups is 1. The van der Waals surface area contributed by atoms with E-state index < -0.39 is 5.79 Å². The van der Waals surface area contributed by atoms with Gasteiger partial charge >= 0.3 is 0 Å². The van der Waals surface area contributed by atoms with Gasteiger partial charge in [0.2, 0.25) is 5.91 Å². The highest BCUT2D eigenvalue weighted by atomic mass is 32.2. The molecular weight excluding hydrogens is 428 g/mol. The smallest absolute Gasteiger partial charge is 0.232 e. The molecule has 4 heterocycles. The van der Waals surface area contributed by atoms with Crippen molar-refractivity contribution in [1.82, 2.24) is 14.9 Å². The van der Waals surface area contributed by atoms with Crippen LogP contribution in [0.5, 0.6) is 0 Å². The van der Waals surface area contributed by atoms with Crippen LogP contribution >= 0.6 is 11.8 Å². The summed E-state index contributed by atoms with van der Waals surface area (Å²) < 4.78 is 17.5. The molecule has 3 aliphatic heterocycles. The summed E-state index contributed by atoms with van der Waals surface area (Å²) in [4.78, 5) is 26.9. The molecule has 32 heavy (non-hydrogen) atoms. The van der Waals surface area contributed by atoms with E-state index >= 15 is 0 Å². The number of morpholine rings is 1. The SMILES string of the molecule is C[C@H]1CN(c2nc3ccccc3nc2SCC(=O)N2CCC3(CC2)OCCO3)C[C@H](C)O1. The van der Waals surface area contributed by atoms with Gasteiger partial charge in [0, 0.05) is 39.0 Å². The first-order valence-electron chi connectivity index (χ1n) is 11.4. The van der Waals surface area contributed by atoms with Crippen molar-refractivity contribution in [3.8, 4) is 0 Å². The largest absolute Gasteiger partial charge is 0.372 e. The summed E-state index contributed by atoms with van der Waals surface area (Å²) in [5, 5.41) is 0.800. The molecule has 172 valence electrons. The molecule has 3 aliphatic rings. The predicted octanol–water partition coefficient (Wildman–Crippen LogP) is 2.70. The number of amides is 1. The first kappa shape index (κ1) is 21.9. The lowest BCUT2D eigenvalue weighted by atomic mass is 10.0. The third kappa shape index (κ3) is 4.57. The normalized spacial score (nSPS) is 25.6. The predicted molar refractivity (Wildman–Crippen MR) is 123 cm³/mol. The van der Waals surface area contributed by atoms with E-state index in [1.807, 2.05) is 29.2 Å². The van der Waals surface area contributed by atoms with Crippen LogP contribution in [0, 0.1) is 0 Å². The number of rotatable bonds is 4. The first-order chi connectivity index (χ1) is 15.5. The van der Waals surface area contributed by atoms with Gasteiger partial charge in [0.25, 0.3) is 0 Å². The van der Waals surface area contributed by atoms with Crippen LogP contribution in [0.4, 0.5) is 5.82 Å². The third-order valence-corrected chi connectivity index (χ3v) is 7.20. The molecule has 2 atom stereocenters. The highest BCUT2D eigenvalue weighted by molar-refractivity contribution is 8.00. The first-order valence-corrected chi connectivity index (χ1v) is 12.4. The Bertz CT molecular complexity index is 964. The Balaban J connectivity index is 1.31. The Hall–Kier alpha value is -1.94. The highest BCUT2D eigenvalue weighted by Crippen LogP contribution is 2.33. The molecule has 8 nitrogen and oxygen atoms in total. The van der Waals surface area contributed by atoms with Crippen molar-refractivity contribution < 1.29 is 19.0 Å². The number of likely N-dealkylation sites (tertiary alicyclic amines) is 1. The van der Waals surface area contributed by atoms with Gasteiger partial charge in [-0.15, -0.1) is 0 Å². The minimum atomic E-state index is -0.468. The van der Waals surface area contributed by atoms with Gasteiger partial charge in [-0.25, -0.2) is 9.97 Å². The summed E-state index contributed by atoms with van der Waals surface area (Å²) in [6, 6.07) is 7.89. The van der Waals surface area contributed by atoms with Gasteiger partial charge in [-0.1, -0.05) is 23.9 Å². The van der Waals surface area contributed by atoms with E-state index in [9.17, 15) is 4.79 Å². The van der Waals surface area contributed by atoms with Gasteiger partial charge in [-0.3, -0.25) is 4.79 Å². The molecule has 2 aromatic rings. The lowest BCUT2D eigenvalue weighted by Gasteiger charge is -2.37. The topological polar surface area (TPSA) is 77.0 Å². The van der Waals surface area contributed by atoms with Crippen LogP contribution in [-0.2, 0) is 19.0 Å². The second kappa shape index (κ2) is 9.13. The van der Waals surface area contributed by atoms with Crippen LogP contribution < -0.4 is 4.90 Å². The van der Waals surface area contributed by atoms with Crippen LogP contribution in [0.3, 0.4) is 0 Å². The molecule has 0 aliphatic carbocycles. The van der Waals surface area contributed by atoms with Crippen molar-refractivity contribution >= 4 is 34.5 Å². The molecule has 0 bridgehead atoms. The zero-order chi connectivity index (χ0) is 22.1. The van der Waals surface area contributed by atoms with Crippen molar-refractivity contribution in [1.29, 1.82) is 0 Å². The maximum Gasteiger partial charge on any atom is 0.232 e. The van der Waals surface area contributed by atoms with E-state index in [2.05, 4.69) is 18.7 Å². The van der Waals surface area contributed by atoms with Crippen molar-refractivity contribution in [2.24, 2.45) is 0 Å². The van der Waals surface area contributed by atoms with E-state index in [1.54, 1.807) is 0 Å². The van der Waals surface area contributed by atoms with Gasteiger partial charge in [0.15, 0.2) is 11.6 Å². The molecule has 9 heteroatoms. The molecule has 0 radical (unpaired) electrons. The zero-order valence-corrected chi connectivity index (χ0v) is 19.5. The van der Waals surface area contributed by atoms with Crippen molar-refractivity contribution in [3.05, 3.63) is 24.3 Å². The highest BCUT2D eigenvalue weighted by Gasteiger charge is 2.40. The van der Waals surface area contributed by atoms with Gasteiger partial charge in [-0.2, -0.15) is 0 Å². The zero-order valence-electron chi connectivity index (χ0n) is 18.7. The van der Waals surface area contributed by atoms with Crippen LogP contribution in [0.1, 0.15) is 26.7 Å². The Kier molecular flexibility index (Phi) is 6.24. The number of benzene rings is 1. The van der Waals surface area contributed by atoms with Crippen LogP contribution in [-0.4, -0.2) is 83.9 Å². The summed E-state index contributed by atoms with van der Waals surface area (Å²) in [7, 11) is 0. The van der Waals surface area contributed by atoms with E-state index in [-0.39, 0.29) is 18.1 Å². The standard InChI is InChI=1S/C23H30N4O4S/c1-16-13-27(14-17(2)31-16)21-22(25-19-6-4-3-5-18(19)24-21)32-15-20(28)26-9-7-23(8-10-26)29-11-12-30-23/h3-6,16-17H,7-15H2,1-2H3/t16-,17-/m0/s1. The molecule has 1 aromatic heterocycles. The number of aromatic nitrogens is 2. The monoisotopic (exact) mass is 458 g/mol. The van der Waals surface area contributed by atoms with Crippen LogP contribution in [0.15, 0.2) is 29.3 Å². The molecule has 1 amide bonds. The number of fused-ring (bicyclic) bond motifs is 1. The number of piperidine rings is 1. The lowest BCUT2D eigenvalue weighted by Crippen LogP contribution is -2.47. The number of anilines is 1. The minimum Gasteiger partial charge on any atom is -0.372 e. The molecule has 3 fully saturated rings. The molecule has 1 aromatic carbocycles. The second-order valence-corrected chi connectivity index (χ2v) is 9.74. The van der Waals surface area contributed by atoms with Gasteiger partial charge in [-0.05, 0) is 26.0 Å². The molecular formula is C23H30N4O4S. The van der Waals surface area contributed by atoms with E-state index in [0.29, 0.717) is 32.1 Å². The maximum absolute atomic E-state index is 13.0. The summed E-state index contributed by atoms with van der Waals surface area (Å²) in [6.07, 6.45) is 1.70. The number of nitrogens with zero attached hydrogens (tertiary/aromatic N) is 4. The van der Waals surface area contributed by atoms with Crippen molar-refractivity contribution in [2.45, 2.75) is 49.7 Å². The molecule has 1 spiro atoms. The van der Waals surface area contributed by atoms with E-state index in [1.165, 1.54) is 11.8 Å². The number of ether oxygens (including phenoxy) is 3. The fraction of sp³-hybridized carbons (Fsp3) is 0.609. The summed E-state index contributed by atoms with van der Waals surface area (Å²) in [6.45, 7) is 8.28. The van der Waals surface area contributed by atoms with Crippen molar-refractivity contribution in [3.63, 3.8) is 0 Å². The quantitative estimate of drug-likeness (QED) is 0.648. The Labute approximate surface area is 192 Å². The average Bonchev–Trinajstić information content (AvgIpc) is 3.24. The molecule has 0 unspecified atom stereocenters. The number of para-hydroxylation sites is 2. The number of hydrogen-bond acceptors (Lipinski definition) is 8. The van der Waals surface area contributed by atoms with Crippen molar-refractivity contribution in [2.75, 3.05) is 50.0 Å². The summed E-state index contributed by atoms with van der Waals surface area (Å²) >= 11 is 1.47. The second-order valence-electron chi connectivity index (χ2n) is 8.78. The van der Waals surface area contributed by atoms with Crippen LogP contribution in [0.2, 0.25) is 0 Å². The van der Waals surface area contributed by atoms with E-state index in [4.69, 9.17) is 24.2 Å². The minimum absolute atomic E-state index is 0.118. The Morgan fingerprint density at radius 2 is 1.69 bits per heavy atom. The third-order valence-electron chi connectivity index (χ3n) is 6.26. The fourth-order valence-corrected chi connectivity index (χ4v) is 5.64. The maximum atomic E-state index is 13.0. The van der Waals surface area contributed by atoms with Gasteiger partial charge in [0.1, 0.15) is 5.03 Å². The fourth-order valence-electron chi connectivity index (χ4n) is 4.73. The average molecular weight is 459 g/mol. The summed E-state index contributed by atoms with van der Waals surface area (Å²) in [5.41, 5.74) is 1.71. The molecule has 3 saturated heterocycles. The Morgan fingerprint density at radius 1 is 1.06 bits per heavy atom. The van der Waals surface area contributed by atoms with Crippen LogP contribution in [0.25, 0.3) is 11.0 Å². The number of hydrogen-bond donors (Lipinski definition) is 0. The molecule has 0 saturated carbocycles. The van der Waals surface area contributed by atoms with E-state index in [0.717, 1.165) is 47.8 Å². The van der Waals surface area contributed by atoms with Gasteiger partial charge < -0.3 is 24.0 Å². The van der Waals surface area contributed by atoms with Gasteiger partial charge in [0.05, 0.1) is 42.2 Å². The number of carbonyl (C=O) groups excluding carboxylic acids is 1. The number of thioether (sulfide) groups is 1. The molecule has 5 rings (SSSR count). The summed E-state index contributed by atoms with van der Waals surface area (Å²) in [5.74, 6) is 0.829. The lowest BCUT2D eigenvalue weighted by molar-refractivity contribution is -0.186. The molecule has 0 N–H and O–H groups in total. The Morgan fingerprint density at radius 3 is 2.34 bits per heavy atom.